The second-order valence-corrected chi connectivity index (χ2v) is 6.91. The molecule has 1 aromatic rings. The molecule has 2 atom stereocenters. The summed E-state index contributed by atoms with van der Waals surface area (Å²) >= 11 is 0. The first-order chi connectivity index (χ1) is 12.0. The molecule has 3 rings (SSSR count). The SMILES string of the molecule is Cc1ccccc1CN(C)C(=O)CCN1C(=O)[C@@H]2CC=CC[C@H]2C1=O. The van der Waals surface area contributed by atoms with E-state index in [2.05, 4.69) is 0 Å². The Hall–Kier alpha value is -2.43. The van der Waals surface area contributed by atoms with Crippen LogP contribution in [0.1, 0.15) is 30.4 Å². The Bertz CT molecular complexity index is 699. The lowest BCUT2D eigenvalue weighted by Gasteiger charge is -2.20. The molecule has 0 radical (unpaired) electrons. The van der Waals surface area contributed by atoms with E-state index in [4.69, 9.17) is 0 Å². The van der Waals surface area contributed by atoms with Crippen LogP contribution in [0.3, 0.4) is 0 Å². The first kappa shape index (κ1) is 17.4. The van der Waals surface area contributed by atoms with Crippen LogP contribution in [0.4, 0.5) is 0 Å². The maximum atomic E-state index is 12.4. The molecule has 0 unspecified atom stereocenters. The van der Waals surface area contributed by atoms with Crippen molar-refractivity contribution in [3.63, 3.8) is 0 Å². The second-order valence-electron chi connectivity index (χ2n) is 6.91. The molecule has 2 aliphatic rings. The van der Waals surface area contributed by atoms with Crippen molar-refractivity contribution in [1.82, 2.24) is 9.80 Å². The molecule has 0 spiro atoms. The predicted molar refractivity (Wildman–Crippen MR) is 94.3 cm³/mol. The molecule has 5 heteroatoms. The highest BCUT2D eigenvalue weighted by Gasteiger charge is 2.46. The number of carbonyl (C=O) groups is 3. The van der Waals surface area contributed by atoms with Crippen LogP contribution >= 0.6 is 0 Å². The molecule has 0 aromatic heterocycles. The minimum atomic E-state index is -0.225. The molecular weight excluding hydrogens is 316 g/mol. The third-order valence-corrected chi connectivity index (χ3v) is 5.24. The van der Waals surface area contributed by atoms with Crippen LogP contribution < -0.4 is 0 Å². The van der Waals surface area contributed by atoms with Crippen molar-refractivity contribution in [2.24, 2.45) is 11.8 Å². The van der Waals surface area contributed by atoms with Crippen LogP contribution in [0.2, 0.25) is 0 Å². The Morgan fingerprint density at radius 1 is 1.12 bits per heavy atom. The Morgan fingerprint density at radius 2 is 1.72 bits per heavy atom. The Labute approximate surface area is 148 Å². The summed E-state index contributed by atoms with van der Waals surface area (Å²) in [4.78, 5) is 40.2. The topological polar surface area (TPSA) is 57.7 Å². The number of hydrogen-bond donors (Lipinski definition) is 0. The van der Waals surface area contributed by atoms with E-state index in [1.165, 1.54) is 4.90 Å². The average molecular weight is 340 g/mol. The molecular formula is C20H24N2O3. The van der Waals surface area contributed by atoms with Gasteiger partial charge in [0, 0.05) is 26.6 Å². The fourth-order valence-electron chi connectivity index (χ4n) is 3.62. The maximum absolute atomic E-state index is 12.4. The molecule has 1 aliphatic carbocycles. The lowest BCUT2D eigenvalue weighted by atomic mass is 9.85. The van der Waals surface area contributed by atoms with E-state index in [-0.39, 0.29) is 42.5 Å². The molecule has 132 valence electrons. The average Bonchev–Trinajstić information content (AvgIpc) is 2.86. The summed E-state index contributed by atoms with van der Waals surface area (Å²) in [6, 6.07) is 7.95. The Morgan fingerprint density at radius 3 is 2.32 bits per heavy atom. The van der Waals surface area contributed by atoms with E-state index in [1.807, 2.05) is 43.3 Å². The fraction of sp³-hybridized carbons (Fsp3) is 0.450. The zero-order chi connectivity index (χ0) is 18.0. The molecule has 1 aliphatic heterocycles. The van der Waals surface area contributed by atoms with Gasteiger partial charge in [0.15, 0.2) is 0 Å². The van der Waals surface area contributed by atoms with Gasteiger partial charge in [0.2, 0.25) is 17.7 Å². The summed E-state index contributed by atoms with van der Waals surface area (Å²) in [5, 5.41) is 0. The molecule has 25 heavy (non-hydrogen) atoms. The zero-order valence-corrected chi connectivity index (χ0v) is 14.8. The van der Waals surface area contributed by atoms with Gasteiger partial charge in [-0.15, -0.1) is 0 Å². The number of allylic oxidation sites excluding steroid dienone is 2. The van der Waals surface area contributed by atoms with Crippen molar-refractivity contribution < 1.29 is 14.4 Å². The molecule has 0 saturated carbocycles. The summed E-state index contributed by atoms with van der Waals surface area (Å²) in [6.45, 7) is 2.73. The summed E-state index contributed by atoms with van der Waals surface area (Å²) < 4.78 is 0. The number of carbonyl (C=O) groups excluding carboxylic acids is 3. The highest BCUT2D eigenvalue weighted by Crippen LogP contribution is 2.35. The number of fused-ring (bicyclic) bond motifs is 1. The normalized spacial score (nSPS) is 22.2. The van der Waals surface area contributed by atoms with Crippen molar-refractivity contribution in [3.05, 3.63) is 47.5 Å². The summed E-state index contributed by atoms with van der Waals surface area (Å²) in [5.41, 5.74) is 2.24. The van der Waals surface area contributed by atoms with E-state index in [9.17, 15) is 14.4 Å². The number of nitrogens with zero attached hydrogens (tertiary/aromatic N) is 2. The molecule has 1 heterocycles. The van der Waals surface area contributed by atoms with E-state index in [0.717, 1.165) is 11.1 Å². The highest BCUT2D eigenvalue weighted by atomic mass is 16.2. The number of benzene rings is 1. The van der Waals surface area contributed by atoms with Gasteiger partial charge in [0.1, 0.15) is 0 Å². The molecule has 1 fully saturated rings. The van der Waals surface area contributed by atoms with Crippen LogP contribution in [0.5, 0.6) is 0 Å². The van der Waals surface area contributed by atoms with Crippen molar-refractivity contribution in [3.8, 4) is 0 Å². The van der Waals surface area contributed by atoms with Gasteiger partial charge in [-0.25, -0.2) is 0 Å². The zero-order valence-electron chi connectivity index (χ0n) is 14.8. The maximum Gasteiger partial charge on any atom is 0.233 e. The smallest absolute Gasteiger partial charge is 0.233 e. The van der Waals surface area contributed by atoms with Gasteiger partial charge < -0.3 is 4.90 Å². The van der Waals surface area contributed by atoms with Crippen LogP contribution in [0, 0.1) is 18.8 Å². The van der Waals surface area contributed by atoms with E-state index in [0.29, 0.717) is 19.4 Å². The summed E-state index contributed by atoms with van der Waals surface area (Å²) in [5.74, 6) is -0.742. The number of rotatable bonds is 5. The van der Waals surface area contributed by atoms with Crippen molar-refractivity contribution in [2.45, 2.75) is 32.7 Å². The first-order valence-corrected chi connectivity index (χ1v) is 8.77. The molecule has 0 N–H and O–H groups in total. The number of aryl methyl sites for hydroxylation is 1. The number of amides is 3. The first-order valence-electron chi connectivity index (χ1n) is 8.77. The standard InChI is InChI=1S/C20H24N2O3/c1-14-7-3-4-8-15(14)13-21(2)18(23)11-12-22-19(24)16-9-5-6-10-17(16)20(22)25/h3-8,16-17H,9-13H2,1-2H3/t16-,17-/m1/s1. The minimum absolute atomic E-state index is 0.0585. The van der Waals surface area contributed by atoms with Crippen molar-refractivity contribution in [1.29, 1.82) is 0 Å². The second kappa shape index (κ2) is 7.21. The van der Waals surface area contributed by atoms with Crippen LogP contribution in [-0.2, 0) is 20.9 Å². The van der Waals surface area contributed by atoms with E-state index in [1.54, 1.807) is 11.9 Å². The van der Waals surface area contributed by atoms with Crippen LogP contribution in [0.25, 0.3) is 0 Å². The van der Waals surface area contributed by atoms with Gasteiger partial charge in [-0.3, -0.25) is 19.3 Å². The predicted octanol–water partition coefficient (Wildman–Crippen LogP) is 2.29. The van der Waals surface area contributed by atoms with Crippen molar-refractivity contribution >= 4 is 17.7 Å². The van der Waals surface area contributed by atoms with Gasteiger partial charge >= 0.3 is 0 Å². The number of hydrogen-bond acceptors (Lipinski definition) is 3. The number of likely N-dealkylation sites (tertiary alicyclic amines) is 1. The molecule has 0 bridgehead atoms. The lowest BCUT2D eigenvalue weighted by molar-refractivity contribution is -0.140. The quantitative estimate of drug-likeness (QED) is 0.610. The molecule has 5 nitrogen and oxygen atoms in total. The lowest BCUT2D eigenvalue weighted by Crippen LogP contribution is -2.36. The minimum Gasteiger partial charge on any atom is -0.341 e. The monoisotopic (exact) mass is 340 g/mol. The highest BCUT2D eigenvalue weighted by molar-refractivity contribution is 6.05. The largest absolute Gasteiger partial charge is 0.341 e. The van der Waals surface area contributed by atoms with Gasteiger partial charge in [-0.2, -0.15) is 0 Å². The Balaban J connectivity index is 1.56. The molecule has 1 saturated heterocycles. The number of imide groups is 1. The van der Waals surface area contributed by atoms with Crippen LogP contribution in [0.15, 0.2) is 36.4 Å². The van der Waals surface area contributed by atoms with Crippen molar-refractivity contribution in [2.75, 3.05) is 13.6 Å². The van der Waals surface area contributed by atoms with Crippen LogP contribution in [-0.4, -0.2) is 41.1 Å². The fourth-order valence-corrected chi connectivity index (χ4v) is 3.62. The van der Waals surface area contributed by atoms with Gasteiger partial charge in [-0.05, 0) is 30.9 Å². The molecule has 3 amide bonds. The van der Waals surface area contributed by atoms with E-state index < -0.39 is 0 Å². The summed E-state index contributed by atoms with van der Waals surface area (Å²) in [7, 11) is 1.76. The van der Waals surface area contributed by atoms with E-state index >= 15 is 0 Å². The van der Waals surface area contributed by atoms with Gasteiger partial charge in [0.25, 0.3) is 0 Å². The Kier molecular flexibility index (Phi) is 5.02. The molecule has 1 aromatic carbocycles. The van der Waals surface area contributed by atoms with Gasteiger partial charge in [-0.1, -0.05) is 36.4 Å². The third-order valence-electron chi connectivity index (χ3n) is 5.24. The summed E-state index contributed by atoms with van der Waals surface area (Å²) in [6.07, 6.45) is 5.38. The van der Waals surface area contributed by atoms with Gasteiger partial charge in [0.05, 0.1) is 11.8 Å². The third kappa shape index (κ3) is 3.50.